The predicted molar refractivity (Wildman–Crippen MR) is 56.1 cm³/mol. The highest BCUT2D eigenvalue weighted by atomic mass is 35.5. The third-order valence-corrected chi connectivity index (χ3v) is 2.12. The van der Waals surface area contributed by atoms with E-state index in [1.807, 2.05) is 0 Å². The van der Waals surface area contributed by atoms with Crippen molar-refractivity contribution in [3.63, 3.8) is 0 Å². The lowest BCUT2D eigenvalue weighted by molar-refractivity contribution is -0.124. The number of halogens is 1. The van der Waals surface area contributed by atoms with Crippen molar-refractivity contribution in [2.24, 2.45) is 11.8 Å². The second-order valence-electron chi connectivity index (χ2n) is 3.83. The number of hydrogen-bond acceptors (Lipinski definition) is 2. The van der Waals surface area contributed by atoms with Crippen LogP contribution in [-0.2, 0) is 4.79 Å². The summed E-state index contributed by atoms with van der Waals surface area (Å²) in [5, 5.41) is 6.13. The van der Waals surface area contributed by atoms with Gasteiger partial charge in [0.2, 0.25) is 5.91 Å². The van der Waals surface area contributed by atoms with Gasteiger partial charge in [0.15, 0.2) is 0 Å². The summed E-state index contributed by atoms with van der Waals surface area (Å²) in [6.07, 6.45) is 0.990. The number of carbonyl (C=O) groups excluding carboxylic acids is 1. The maximum absolute atomic E-state index is 11.4. The van der Waals surface area contributed by atoms with Crippen molar-refractivity contribution in [2.45, 2.75) is 20.3 Å². The van der Waals surface area contributed by atoms with Crippen LogP contribution in [0.15, 0.2) is 0 Å². The number of hydrogen-bond donors (Lipinski definition) is 2. The van der Waals surface area contributed by atoms with Crippen molar-refractivity contribution in [2.75, 3.05) is 19.6 Å². The molecule has 3 nitrogen and oxygen atoms in total. The van der Waals surface area contributed by atoms with E-state index < -0.39 is 0 Å². The van der Waals surface area contributed by atoms with Crippen LogP contribution in [0.2, 0.25) is 0 Å². The van der Waals surface area contributed by atoms with Gasteiger partial charge in [-0.05, 0) is 18.9 Å². The molecule has 1 rings (SSSR count). The fraction of sp³-hybridized carbons (Fsp3) is 0.889. The molecule has 78 valence electrons. The van der Waals surface area contributed by atoms with Gasteiger partial charge in [0.25, 0.3) is 0 Å². The van der Waals surface area contributed by atoms with Crippen LogP contribution in [0.1, 0.15) is 20.3 Å². The van der Waals surface area contributed by atoms with Crippen molar-refractivity contribution in [3.8, 4) is 0 Å². The smallest absolute Gasteiger partial charge is 0.224 e. The molecule has 0 bridgehead atoms. The van der Waals surface area contributed by atoms with Crippen molar-refractivity contribution < 1.29 is 4.79 Å². The van der Waals surface area contributed by atoms with Gasteiger partial charge in [0, 0.05) is 13.1 Å². The van der Waals surface area contributed by atoms with Crippen LogP contribution in [0.5, 0.6) is 0 Å². The van der Waals surface area contributed by atoms with Crippen LogP contribution < -0.4 is 10.6 Å². The summed E-state index contributed by atoms with van der Waals surface area (Å²) in [4.78, 5) is 11.4. The molecule has 2 N–H and O–H groups in total. The summed E-state index contributed by atoms with van der Waals surface area (Å²) in [6, 6.07) is 0. The van der Waals surface area contributed by atoms with Crippen LogP contribution in [-0.4, -0.2) is 25.5 Å². The molecule has 0 spiro atoms. The summed E-state index contributed by atoms with van der Waals surface area (Å²) in [5.41, 5.74) is 0. The molecule has 1 aliphatic rings. The predicted octanol–water partition coefficient (Wildman–Crippen LogP) is 0.790. The van der Waals surface area contributed by atoms with Gasteiger partial charge in [-0.3, -0.25) is 4.79 Å². The van der Waals surface area contributed by atoms with Crippen molar-refractivity contribution >= 4 is 18.3 Å². The van der Waals surface area contributed by atoms with E-state index in [1.54, 1.807) is 0 Å². The third-order valence-electron chi connectivity index (χ3n) is 2.12. The average molecular weight is 207 g/mol. The van der Waals surface area contributed by atoms with E-state index >= 15 is 0 Å². The van der Waals surface area contributed by atoms with Gasteiger partial charge in [0.05, 0.1) is 5.92 Å². The molecule has 4 heteroatoms. The minimum absolute atomic E-state index is 0. The molecule has 0 aromatic carbocycles. The van der Waals surface area contributed by atoms with Crippen molar-refractivity contribution in [1.29, 1.82) is 0 Å². The van der Waals surface area contributed by atoms with E-state index in [1.165, 1.54) is 0 Å². The molecule has 0 unspecified atom stereocenters. The molecular weight excluding hydrogens is 188 g/mol. The summed E-state index contributed by atoms with van der Waals surface area (Å²) < 4.78 is 0. The van der Waals surface area contributed by atoms with Gasteiger partial charge in [-0.2, -0.15) is 0 Å². The minimum atomic E-state index is 0. The molecule has 1 fully saturated rings. The number of carbonyl (C=O) groups is 1. The highest BCUT2D eigenvalue weighted by Gasteiger charge is 2.21. The fourth-order valence-electron chi connectivity index (χ4n) is 1.33. The SMILES string of the molecule is CC(C)CNC(=O)[C@@H]1CCNC1.Cl. The second kappa shape index (κ2) is 6.22. The zero-order chi connectivity index (χ0) is 8.97. The summed E-state index contributed by atoms with van der Waals surface area (Å²) in [5.74, 6) is 0.973. The number of rotatable bonds is 3. The lowest BCUT2D eigenvalue weighted by Crippen LogP contribution is -2.34. The van der Waals surface area contributed by atoms with Crippen molar-refractivity contribution in [1.82, 2.24) is 10.6 Å². The summed E-state index contributed by atoms with van der Waals surface area (Å²) in [6.45, 7) is 6.85. The number of nitrogens with one attached hydrogen (secondary N) is 2. The first-order valence-electron chi connectivity index (χ1n) is 4.68. The molecule has 1 atom stereocenters. The normalized spacial score (nSPS) is 21.3. The Labute approximate surface area is 86.1 Å². The highest BCUT2D eigenvalue weighted by molar-refractivity contribution is 5.85. The van der Waals surface area contributed by atoms with Crippen LogP contribution >= 0.6 is 12.4 Å². The topological polar surface area (TPSA) is 41.1 Å². The zero-order valence-corrected chi connectivity index (χ0v) is 9.12. The van der Waals surface area contributed by atoms with Gasteiger partial charge in [0.1, 0.15) is 0 Å². The average Bonchev–Trinajstić information content (AvgIpc) is 2.51. The Morgan fingerprint density at radius 3 is 2.77 bits per heavy atom. The largest absolute Gasteiger partial charge is 0.356 e. The molecule has 0 aromatic rings. The van der Waals surface area contributed by atoms with E-state index in [0.29, 0.717) is 5.92 Å². The van der Waals surface area contributed by atoms with Gasteiger partial charge in [-0.25, -0.2) is 0 Å². The van der Waals surface area contributed by atoms with Crippen LogP contribution in [0.4, 0.5) is 0 Å². The maximum Gasteiger partial charge on any atom is 0.224 e. The molecular formula is C9H19ClN2O. The molecule has 0 aliphatic carbocycles. The van der Waals surface area contributed by atoms with Gasteiger partial charge < -0.3 is 10.6 Å². The molecule has 0 radical (unpaired) electrons. The fourth-order valence-corrected chi connectivity index (χ4v) is 1.33. The Kier molecular flexibility index (Phi) is 6.08. The van der Waals surface area contributed by atoms with Gasteiger partial charge in [-0.15, -0.1) is 12.4 Å². The maximum atomic E-state index is 11.4. The van der Waals surface area contributed by atoms with E-state index in [-0.39, 0.29) is 24.2 Å². The van der Waals surface area contributed by atoms with E-state index in [0.717, 1.165) is 26.1 Å². The molecule has 1 saturated heterocycles. The summed E-state index contributed by atoms with van der Waals surface area (Å²) >= 11 is 0. The quantitative estimate of drug-likeness (QED) is 0.717. The molecule has 0 aromatic heterocycles. The van der Waals surface area contributed by atoms with Gasteiger partial charge in [-0.1, -0.05) is 13.8 Å². The summed E-state index contributed by atoms with van der Waals surface area (Å²) in [7, 11) is 0. The van der Waals surface area contributed by atoms with Gasteiger partial charge >= 0.3 is 0 Å². The Morgan fingerprint density at radius 2 is 2.31 bits per heavy atom. The molecule has 1 amide bonds. The molecule has 1 heterocycles. The lowest BCUT2D eigenvalue weighted by Gasteiger charge is -2.11. The first-order valence-corrected chi connectivity index (χ1v) is 4.68. The standard InChI is InChI=1S/C9H18N2O.ClH/c1-7(2)5-11-9(12)8-3-4-10-6-8;/h7-8,10H,3-6H2,1-2H3,(H,11,12);1H/t8-;/m1./s1. The third kappa shape index (κ3) is 4.48. The monoisotopic (exact) mass is 206 g/mol. The van der Waals surface area contributed by atoms with Crippen molar-refractivity contribution in [3.05, 3.63) is 0 Å². The first-order chi connectivity index (χ1) is 5.70. The Morgan fingerprint density at radius 1 is 1.62 bits per heavy atom. The second-order valence-corrected chi connectivity index (χ2v) is 3.83. The first kappa shape index (κ1) is 12.7. The Balaban J connectivity index is 0.00000144. The number of amides is 1. The Bertz CT molecular complexity index is 156. The van der Waals surface area contributed by atoms with E-state index in [4.69, 9.17) is 0 Å². The van der Waals surface area contributed by atoms with E-state index in [9.17, 15) is 4.79 Å². The molecule has 13 heavy (non-hydrogen) atoms. The van der Waals surface area contributed by atoms with Crippen LogP contribution in [0.3, 0.4) is 0 Å². The zero-order valence-electron chi connectivity index (χ0n) is 8.30. The lowest BCUT2D eigenvalue weighted by atomic mass is 10.1. The van der Waals surface area contributed by atoms with Crippen LogP contribution in [0, 0.1) is 11.8 Å². The highest BCUT2D eigenvalue weighted by Crippen LogP contribution is 2.06. The Hall–Kier alpha value is -0.280. The minimum Gasteiger partial charge on any atom is -0.356 e. The van der Waals surface area contributed by atoms with Crippen LogP contribution in [0.25, 0.3) is 0 Å². The molecule has 1 aliphatic heterocycles. The van der Waals surface area contributed by atoms with E-state index in [2.05, 4.69) is 24.5 Å². The molecule has 0 saturated carbocycles.